The quantitative estimate of drug-likeness (QED) is 0.819. The van der Waals surface area contributed by atoms with E-state index in [0.717, 1.165) is 25.8 Å². The van der Waals surface area contributed by atoms with Crippen LogP contribution in [0.15, 0.2) is 24.3 Å². The van der Waals surface area contributed by atoms with Crippen molar-refractivity contribution in [3.8, 4) is 0 Å². The van der Waals surface area contributed by atoms with Crippen LogP contribution in [0, 0.1) is 5.92 Å². The number of carbonyl (C=O) groups is 2. The number of hydrogen-bond donors (Lipinski definition) is 0. The predicted octanol–water partition coefficient (Wildman–Crippen LogP) is 3.59. The summed E-state index contributed by atoms with van der Waals surface area (Å²) >= 11 is 5.89. The van der Waals surface area contributed by atoms with Crippen LogP contribution in [0.4, 0.5) is 0 Å². The van der Waals surface area contributed by atoms with Gasteiger partial charge in [-0.3, -0.25) is 9.59 Å². The largest absolute Gasteiger partial charge is 0.341 e. The molecule has 1 saturated heterocycles. The third-order valence-corrected chi connectivity index (χ3v) is 5.39. The molecule has 0 spiro atoms. The molecule has 0 unspecified atom stereocenters. The average Bonchev–Trinajstić information content (AvgIpc) is 2.88. The van der Waals surface area contributed by atoms with Crippen molar-refractivity contribution in [1.82, 2.24) is 9.80 Å². The van der Waals surface area contributed by atoms with Crippen LogP contribution < -0.4 is 0 Å². The van der Waals surface area contributed by atoms with Crippen molar-refractivity contribution in [2.45, 2.75) is 38.5 Å². The number of nitrogens with zero attached hydrogens (tertiary/aromatic N) is 2. The highest BCUT2D eigenvalue weighted by atomic mass is 35.5. The number of amides is 2. The second-order valence-electron chi connectivity index (χ2n) is 6.81. The van der Waals surface area contributed by atoms with E-state index in [4.69, 9.17) is 11.6 Å². The van der Waals surface area contributed by atoms with Gasteiger partial charge in [0.1, 0.15) is 0 Å². The highest BCUT2D eigenvalue weighted by Gasteiger charge is 2.28. The molecule has 5 heteroatoms. The van der Waals surface area contributed by atoms with E-state index in [1.165, 1.54) is 19.3 Å². The van der Waals surface area contributed by atoms with Gasteiger partial charge in [0, 0.05) is 42.7 Å². The third-order valence-electron chi connectivity index (χ3n) is 5.14. The maximum Gasteiger partial charge on any atom is 0.253 e. The molecule has 2 amide bonds. The monoisotopic (exact) mass is 348 g/mol. The van der Waals surface area contributed by atoms with Crippen LogP contribution in [0.25, 0.3) is 0 Å². The van der Waals surface area contributed by atoms with E-state index in [1.807, 2.05) is 9.80 Å². The molecule has 0 radical (unpaired) electrons. The van der Waals surface area contributed by atoms with Crippen molar-refractivity contribution < 1.29 is 9.59 Å². The van der Waals surface area contributed by atoms with Crippen LogP contribution >= 0.6 is 11.6 Å². The summed E-state index contributed by atoms with van der Waals surface area (Å²) in [6.07, 6.45) is 6.51. The standard InChI is InChI=1S/C19H25ClN2O2/c20-17-9-7-16(8-10-17)19(24)22-12-4-11-21(13-14-22)18(23)15-5-2-1-3-6-15/h7-10,15H,1-6,11-14H2. The van der Waals surface area contributed by atoms with Crippen molar-refractivity contribution in [2.75, 3.05) is 26.2 Å². The molecular formula is C19H25ClN2O2. The Kier molecular flexibility index (Phi) is 5.77. The molecule has 1 saturated carbocycles. The molecule has 1 aliphatic heterocycles. The first kappa shape index (κ1) is 17.3. The van der Waals surface area contributed by atoms with Crippen LogP contribution in [0.1, 0.15) is 48.9 Å². The van der Waals surface area contributed by atoms with Crippen molar-refractivity contribution in [3.05, 3.63) is 34.9 Å². The molecule has 3 rings (SSSR count). The summed E-state index contributed by atoms with van der Waals surface area (Å²) in [5.74, 6) is 0.534. The molecule has 4 nitrogen and oxygen atoms in total. The second kappa shape index (κ2) is 8.02. The average molecular weight is 349 g/mol. The lowest BCUT2D eigenvalue weighted by Crippen LogP contribution is -2.40. The van der Waals surface area contributed by atoms with Gasteiger partial charge in [-0.1, -0.05) is 30.9 Å². The maximum absolute atomic E-state index is 12.7. The maximum atomic E-state index is 12.7. The van der Waals surface area contributed by atoms with Crippen molar-refractivity contribution in [2.24, 2.45) is 5.92 Å². The highest BCUT2D eigenvalue weighted by molar-refractivity contribution is 6.30. The molecule has 0 bridgehead atoms. The molecule has 1 aromatic rings. The topological polar surface area (TPSA) is 40.6 Å². The molecule has 2 aliphatic rings. The number of halogens is 1. The zero-order chi connectivity index (χ0) is 16.9. The SMILES string of the molecule is O=C(c1ccc(Cl)cc1)N1CCCN(C(=O)C2CCCCC2)CC1. The molecule has 1 heterocycles. The molecule has 0 N–H and O–H groups in total. The van der Waals surface area contributed by atoms with Gasteiger partial charge in [-0.05, 0) is 43.5 Å². The molecule has 2 fully saturated rings. The fourth-order valence-corrected chi connectivity index (χ4v) is 3.85. The number of carbonyl (C=O) groups excluding carboxylic acids is 2. The molecule has 0 aromatic heterocycles. The van der Waals surface area contributed by atoms with E-state index in [-0.39, 0.29) is 11.8 Å². The first-order valence-electron chi connectivity index (χ1n) is 8.99. The second-order valence-corrected chi connectivity index (χ2v) is 7.25. The lowest BCUT2D eigenvalue weighted by atomic mass is 9.88. The highest BCUT2D eigenvalue weighted by Crippen LogP contribution is 2.26. The Morgan fingerprint density at radius 2 is 1.46 bits per heavy atom. The van der Waals surface area contributed by atoms with Gasteiger partial charge in [-0.2, -0.15) is 0 Å². The molecule has 1 aliphatic carbocycles. The summed E-state index contributed by atoms with van der Waals surface area (Å²) in [6.45, 7) is 2.73. The Labute approximate surface area is 148 Å². The van der Waals surface area contributed by atoms with Crippen molar-refractivity contribution in [3.63, 3.8) is 0 Å². The Morgan fingerprint density at radius 1 is 0.833 bits per heavy atom. The minimum Gasteiger partial charge on any atom is -0.341 e. The van der Waals surface area contributed by atoms with E-state index in [1.54, 1.807) is 24.3 Å². The zero-order valence-electron chi connectivity index (χ0n) is 14.0. The van der Waals surface area contributed by atoms with E-state index < -0.39 is 0 Å². The molecule has 1 aromatic carbocycles. The van der Waals surface area contributed by atoms with Crippen LogP contribution in [-0.2, 0) is 4.79 Å². The minimum absolute atomic E-state index is 0.0265. The summed E-state index contributed by atoms with van der Waals surface area (Å²) in [4.78, 5) is 29.2. The molecule has 130 valence electrons. The summed E-state index contributed by atoms with van der Waals surface area (Å²) in [5, 5.41) is 0.631. The van der Waals surface area contributed by atoms with Crippen LogP contribution in [0.2, 0.25) is 5.02 Å². The van der Waals surface area contributed by atoms with Gasteiger partial charge >= 0.3 is 0 Å². The van der Waals surface area contributed by atoms with Gasteiger partial charge in [0.05, 0.1) is 0 Å². The fourth-order valence-electron chi connectivity index (χ4n) is 3.72. The summed E-state index contributed by atoms with van der Waals surface area (Å²) in [5.41, 5.74) is 0.659. The first-order chi connectivity index (χ1) is 11.6. The number of benzene rings is 1. The van der Waals surface area contributed by atoms with E-state index in [2.05, 4.69) is 0 Å². The predicted molar refractivity (Wildman–Crippen MR) is 95.1 cm³/mol. The Balaban J connectivity index is 1.59. The van der Waals surface area contributed by atoms with E-state index >= 15 is 0 Å². The molecule has 24 heavy (non-hydrogen) atoms. The Hall–Kier alpha value is -1.55. The van der Waals surface area contributed by atoms with E-state index in [9.17, 15) is 9.59 Å². The Morgan fingerprint density at radius 3 is 2.17 bits per heavy atom. The van der Waals surface area contributed by atoms with Gasteiger partial charge in [0.15, 0.2) is 0 Å². The van der Waals surface area contributed by atoms with Gasteiger partial charge in [-0.15, -0.1) is 0 Å². The van der Waals surface area contributed by atoms with E-state index in [0.29, 0.717) is 36.1 Å². The normalized spacial score (nSPS) is 19.9. The summed E-state index contributed by atoms with van der Waals surface area (Å²) in [6, 6.07) is 7.01. The fraction of sp³-hybridized carbons (Fsp3) is 0.579. The molecule has 0 atom stereocenters. The number of rotatable bonds is 2. The summed E-state index contributed by atoms with van der Waals surface area (Å²) in [7, 11) is 0. The van der Waals surface area contributed by atoms with Crippen molar-refractivity contribution >= 4 is 23.4 Å². The van der Waals surface area contributed by atoms with Crippen LogP contribution in [-0.4, -0.2) is 47.8 Å². The number of hydrogen-bond acceptors (Lipinski definition) is 2. The van der Waals surface area contributed by atoms with Gasteiger partial charge in [0.2, 0.25) is 5.91 Å². The van der Waals surface area contributed by atoms with Crippen molar-refractivity contribution in [1.29, 1.82) is 0 Å². The van der Waals surface area contributed by atoms with Gasteiger partial charge in [0.25, 0.3) is 5.91 Å². The first-order valence-corrected chi connectivity index (χ1v) is 9.36. The van der Waals surface area contributed by atoms with Crippen LogP contribution in [0.3, 0.4) is 0 Å². The lowest BCUT2D eigenvalue weighted by molar-refractivity contribution is -0.136. The summed E-state index contributed by atoms with van der Waals surface area (Å²) < 4.78 is 0. The zero-order valence-corrected chi connectivity index (χ0v) is 14.8. The lowest BCUT2D eigenvalue weighted by Gasteiger charge is -2.28. The van der Waals surface area contributed by atoms with Gasteiger partial charge in [-0.25, -0.2) is 0 Å². The molecular weight excluding hydrogens is 324 g/mol. The minimum atomic E-state index is 0.0265. The van der Waals surface area contributed by atoms with Crippen LogP contribution in [0.5, 0.6) is 0 Å². The smallest absolute Gasteiger partial charge is 0.253 e. The van der Waals surface area contributed by atoms with Gasteiger partial charge < -0.3 is 9.80 Å². The third kappa shape index (κ3) is 4.10. The Bertz CT molecular complexity index is 582.